The molecule has 6 nitrogen and oxygen atoms in total. The van der Waals surface area contributed by atoms with E-state index in [9.17, 15) is 13.2 Å². The fourth-order valence-electron chi connectivity index (χ4n) is 4.27. The molecule has 1 saturated heterocycles. The number of thiazole rings is 1. The predicted molar refractivity (Wildman–Crippen MR) is 140 cm³/mol. The van der Waals surface area contributed by atoms with Crippen LogP contribution in [0.3, 0.4) is 0 Å². The maximum Gasteiger partial charge on any atom is 0.244 e. The van der Waals surface area contributed by atoms with Gasteiger partial charge in [0.05, 0.1) is 15.5 Å². The zero-order chi connectivity index (χ0) is 24.4. The molecule has 1 aromatic heterocycles. The number of aryl methyl sites for hydroxylation is 1. The molecule has 0 radical (unpaired) electrons. The molecule has 1 aliphatic rings. The lowest BCUT2D eigenvalue weighted by atomic mass is 10.1. The van der Waals surface area contributed by atoms with E-state index in [1.54, 1.807) is 24.3 Å². The van der Waals surface area contributed by atoms with Crippen molar-refractivity contribution in [2.75, 3.05) is 11.9 Å². The fourth-order valence-corrected chi connectivity index (χ4v) is 6.93. The number of carbonyl (C=O) groups excluding carboxylic acids is 1. The molecule has 1 fully saturated rings. The molecular formula is C27H25N3O3S2. The Morgan fingerprint density at radius 1 is 0.943 bits per heavy atom. The van der Waals surface area contributed by atoms with Crippen LogP contribution in [0.2, 0.25) is 0 Å². The van der Waals surface area contributed by atoms with Crippen molar-refractivity contribution in [1.29, 1.82) is 0 Å². The summed E-state index contributed by atoms with van der Waals surface area (Å²) in [6.45, 7) is 2.22. The topological polar surface area (TPSA) is 79.4 Å². The molecule has 1 aliphatic heterocycles. The van der Waals surface area contributed by atoms with Gasteiger partial charge in [-0.25, -0.2) is 13.4 Å². The van der Waals surface area contributed by atoms with Crippen LogP contribution in [0.5, 0.6) is 0 Å². The second-order valence-corrected chi connectivity index (χ2v) is 11.4. The molecule has 178 valence electrons. The fraction of sp³-hybridized carbons (Fsp3) is 0.185. The standard InChI is InChI=1S/C27H25N3O3S2/c1-19-14-16-22(17-15-19)35(32,33)30-18-8-13-23(30)26(31)29-27-28-24(20-9-4-2-5-10-20)25(34-27)21-11-6-3-7-12-21/h2-7,9-12,14-17,23H,8,13,18H2,1H3,(H,28,29,31). The third-order valence-electron chi connectivity index (χ3n) is 6.07. The normalized spacial score (nSPS) is 16.3. The van der Waals surface area contributed by atoms with Crippen LogP contribution in [0.15, 0.2) is 89.8 Å². The lowest BCUT2D eigenvalue weighted by Crippen LogP contribution is -2.43. The summed E-state index contributed by atoms with van der Waals surface area (Å²) in [5.74, 6) is -0.355. The molecule has 35 heavy (non-hydrogen) atoms. The van der Waals surface area contributed by atoms with Crippen LogP contribution in [0, 0.1) is 6.92 Å². The maximum atomic E-state index is 13.3. The summed E-state index contributed by atoms with van der Waals surface area (Å²) in [5.41, 5.74) is 3.72. The van der Waals surface area contributed by atoms with Crippen LogP contribution in [-0.4, -0.2) is 36.2 Å². The first-order valence-corrected chi connectivity index (χ1v) is 13.7. The van der Waals surface area contributed by atoms with Crippen LogP contribution in [0.4, 0.5) is 5.13 Å². The SMILES string of the molecule is Cc1ccc(S(=O)(=O)N2CCCC2C(=O)Nc2nc(-c3ccccc3)c(-c3ccccc3)s2)cc1. The minimum absolute atomic E-state index is 0.203. The first kappa shape index (κ1) is 23.4. The number of rotatable bonds is 6. The van der Waals surface area contributed by atoms with Gasteiger partial charge in [0.1, 0.15) is 6.04 Å². The zero-order valence-corrected chi connectivity index (χ0v) is 20.9. The van der Waals surface area contributed by atoms with Crippen LogP contribution >= 0.6 is 11.3 Å². The molecule has 1 atom stereocenters. The van der Waals surface area contributed by atoms with Crippen LogP contribution in [0.1, 0.15) is 18.4 Å². The first-order chi connectivity index (χ1) is 16.9. The van der Waals surface area contributed by atoms with E-state index in [0.717, 1.165) is 27.3 Å². The van der Waals surface area contributed by atoms with Gasteiger partial charge < -0.3 is 5.32 Å². The smallest absolute Gasteiger partial charge is 0.244 e. The third-order valence-corrected chi connectivity index (χ3v) is 9.02. The Kier molecular flexibility index (Phi) is 6.51. The summed E-state index contributed by atoms with van der Waals surface area (Å²) in [5, 5.41) is 3.36. The highest BCUT2D eigenvalue weighted by Gasteiger charge is 2.39. The minimum Gasteiger partial charge on any atom is -0.301 e. The minimum atomic E-state index is -3.78. The molecule has 5 rings (SSSR count). The van der Waals surface area contributed by atoms with Crippen LogP contribution in [0.25, 0.3) is 21.7 Å². The molecule has 1 amide bonds. The summed E-state index contributed by atoms with van der Waals surface area (Å²) in [6, 6.07) is 25.7. The molecule has 1 unspecified atom stereocenters. The summed E-state index contributed by atoms with van der Waals surface area (Å²) in [7, 11) is -3.78. The van der Waals surface area contributed by atoms with Gasteiger partial charge in [-0.3, -0.25) is 4.79 Å². The van der Waals surface area contributed by atoms with E-state index in [1.807, 2.05) is 67.6 Å². The highest BCUT2D eigenvalue weighted by atomic mass is 32.2. The first-order valence-electron chi connectivity index (χ1n) is 11.4. The van der Waals surface area contributed by atoms with Crippen molar-refractivity contribution >= 4 is 32.4 Å². The summed E-state index contributed by atoms with van der Waals surface area (Å²) < 4.78 is 27.9. The third kappa shape index (κ3) is 4.77. The van der Waals surface area contributed by atoms with Crippen molar-refractivity contribution in [3.63, 3.8) is 0 Å². The van der Waals surface area contributed by atoms with Gasteiger partial charge >= 0.3 is 0 Å². The molecule has 4 aromatic rings. The van der Waals surface area contributed by atoms with Crippen molar-refractivity contribution in [2.45, 2.75) is 30.7 Å². The van der Waals surface area contributed by atoms with Crippen LogP contribution < -0.4 is 5.32 Å². The summed E-state index contributed by atoms with van der Waals surface area (Å²) in [6.07, 6.45) is 1.10. The van der Waals surface area contributed by atoms with Gasteiger partial charge in [0, 0.05) is 12.1 Å². The van der Waals surface area contributed by atoms with E-state index in [2.05, 4.69) is 5.32 Å². The zero-order valence-electron chi connectivity index (χ0n) is 19.2. The van der Waals surface area contributed by atoms with Crippen molar-refractivity contribution in [3.8, 4) is 21.7 Å². The number of nitrogens with one attached hydrogen (secondary N) is 1. The number of amides is 1. The molecule has 0 aliphatic carbocycles. The Balaban J connectivity index is 1.43. The Bertz CT molecular complexity index is 1380. The molecule has 8 heteroatoms. The van der Waals surface area contributed by atoms with E-state index in [-0.39, 0.29) is 10.8 Å². The molecule has 2 heterocycles. The predicted octanol–water partition coefficient (Wildman–Crippen LogP) is 5.58. The Hall–Kier alpha value is -3.33. The van der Waals surface area contributed by atoms with Gasteiger partial charge in [-0.05, 0) is 37.5 Å². The van der Waals surface area contributed by atoms with Crippen molar-refractivity contribution in [1.82, 2.24) is 9.29 Å². The summed E-state index contributed by atoms with van der Waals surface area (Å²) >= 11 is 1.39. The number of hydrogen-bond donors (Lipinski definition) is 1. The number of nitrogens with zero attached hydrogens (tertiary/aromatic N) is 2. The molecule has 0 bridgehead atoms. The van der Waals surface area contributed by atoms with Gasteiger partial charge in [0.25, 0.3) is 0 Å². The van der Waals surface area contributed by atoms with Crippen molar-refractivity contribution in [3.05, 3.63) is 90.5 Å². The molecule has 0 saturated carbocycles. The monoisotopic (exact) mass is 503 g/mol. The quantitative estimate of drug-likeness (QED) is 0.373. The Morgan fingerprint density at radius 3 is 2.23 bits per heavy atom. The molecular weight excluding hydrogens is 478 g/mol. The summed E-state index contributed by atoms with van der Waals surface area (Å²) in [4.78, 5) is 19.2. The van der Waals surface area contributed by atoms with Crippen LogP contribution in [-0.2, 0) is 14.8 Å². The lowest BCUT2D eigenvalue weighted by molar-refractivity contribution is -0.119. The lowest BCUT2D eigenvalue weighted by Gasteiger charge is -2.23. The highest BCUT2D eigenvalue weighted by molar-refractivity contribution is 7.89. The van der Waals surface area contributed by atoms with E-state index in [4.69, 9.17) is 4.98 Å². The van der Waals surface area contributed by atoms with Gasteiger partial charge in [0.15, 0.2) is 5.13 Å². The second kappa shape index (κ2) is 9.73. The number of hydrogen-bond acceptors (Lipinski definition) is 5. The highest BCUT2D eigenvalue weighted by Crippen LogP contribution is 2.39. The van der Waals surface area contributed by atoms with E-state index in [0.29, 0.717) is 24.5 Å². The van der Waals surface area contributed by atoms with Gasteiger partial charge in [-0.1, -0.05) is 89.7 Å². The Labute approximate surface area is 209 Å². The molecule has 1 N–H and O–H groups in total. The van der Waals surface area contributed by atoms with E-state index >= 15 is 0 Å². The largest absolute Gasteiger partial charge is 0.301 e. The molecule has 3 aromatic carbocycles. The maximum absolute atomic E-state index is 13.3. The molecule has 0 spiro atoms. The van der Waals surface area contributed by atoms with E-state index < -0.39 is 16.1 Å². The van der Waals surface area contributed by atoms with Crippen molar-refractivity contribution < 1.29 is 13.2 Å². The number of sulfonamides is 1. The van der Waals surface area contributed by atoms with Crippen molar-refractivity contribution in [2.24, 2.45) is 0 Å². The number of carbonyl (C=O) groups is 1. The number of benzene rings is 3. The average molecular weight is 504 g/mol. The number of aromatic nitrogens is 1. The van der Waals surface area contributed by atoms with Gasteiger partial charge in [-0.15, -0.1) is 0 Å². The van der Waals surface area contributed by atoms with Gasteiger partial charge in [0.2, 0.25) is 15.9 Å². The average Bonchev–Trinajstić information content (AvgIpc) is 3.54. The number of anilines is 1. The Morgan fingerprint density at radius 2 is 1.57 bits per heavy atom. The van der Waals surface area contributed by atoms with Gasteiger partial charge in [-0.2, -0.15) is 4.31 Å². The second-order valence-electron chi connectivity index (χ2n) is 8.50. The van der Waals surface area contributed by atoms with E-state index in [1.165, 1.54) is 15.6 Å².